The summed E-state index contributed by atoms with van der Waals surface area (Å²) in [5.41, 5.74) is 11.2. The van der Waals surface area contributed by atoms with Gasteiger partial charge in [-0.2, -0.15) is 10.5 Å². The van der Waals surface area contributed by atoms with Gasteiger partial charge in [0, 0.05) is 11.6 Å². The normalized spacial score (nSPS) is 16.2. The van der Waals surface area contributed by atoms with Crippen LogP contribution >= 0.6 is 0 Å². The molecule has 0 amide bonds. The van der Waals surface area contributed by atoms with Crippen molar-refractivity contribution in [2.24, 2.45) is 5.73 Å². The van der Waals surface area contributed by atoms with Crippen molar-refractivity contribution in [2.45, 2.75) is 18.9 Å². The van der Waals surface area contributed by atoms with Gasteiger partial charge >= 0.3 is 0 Å². The van der Waals surface area contributed by atoms with Gasteiger partial charge in [0.2, 0.25) is 0 Å². The molecule has 0 aromatic heterocycles. The predicted molar refractivity (Wildman–Crippen MR) is 76.6 cm³/mol. The SMILES string of the molecule is N#Cc1cccc(C#N)c1-c1cccc2c1CC[C@H]2N. The Kier molecular flexibility index (Phi) is 2.99. The molecule has 2 aromatic carbocycles. The summed E-state index contributed by atoms with van der Waals surface area (Å²) in [4.78, 5) is 0. The smallest absolute Gasteiger partial charge is 0.0998 e. The van der Waals surface area contributed by atoms with Crippen LogP contribution in [0, 0.1) is 22.7 Å². The summed E-state index contributed by atoms with van der Waals surface area (Å²) in [5.74, 6) is 0. The fourth-order valence-electron chi connectivity index (χ4n) is 2.95. The van der Waals surface area contributed by atoms with E-state index in [9.17, 15) is 10.5 Å². The highest BCUT2D eigenvalue weighted by molar-refractivity contribution is 5.80. The lowest BCUT2D eigenvalue weighted by Gasteiger charge is -2.12. The molecule has 3 heteroatoms. The lowest BCUT2D eigenvalue weighted by Crippen LogP contribution is -2.05. The van der Waals surface area contributed by atoms with Gasteiger partial charge in [-0.25, -0.2) is 0 Å². The van der Waals surface area contributed by atoms with Crippen molar-refractivity contribution in [3.8, 4) is 23.3 Å². The molecule has 3 rings (SSSR count). The number of nitrogens with zero attached hydrogens (tertiary/aromatic N) is 2. The van der Waals surface area contributed by atoms with Crippen molar-refractivity contribution in [1.29, 1.82) is 10.5 Å². The first kappa shape index (κ1) is 12.4. The van der Waals surface area contributed by atoms with Gasteiger partial charge in [-0.15, -0.1) is 0 Å². The van der Waals surface area contributed by atoms with Gasteiger partial charge in [-0.1, -0.05) is 24.3 Å². The monoisotopic (exact) mass is 259 g/mol. The molecule has 0 saturated carbocycles. The maximum atomic E-state index is 9.32. The Hall–Kier alpha value is -2.62. The molecule has 0 fully saturated rings. The Labute approximate surface area is 117 Å². The average Bonchev–Trinajstić information content (AvgIpc) is 2.88. The zero-order valence-corrected chi connectivity index (χ0v) is 10.9. The van der Waals surface area contributed by atoms with Crippen LogP contribution < -0.4 is 5.73 Å². The summed E-state index contributed by atoms with van der Waals surface area (Å²) in [6.07, 6.45) is 1.82. The topological polar surface area (TPSA) is 73.6 Å². The van der Waals surface area contributed by atoms with Crippen molar-refractivity contribution >= 4 is 0 Å². The van der Waals surface area contributed by atoms with E-state index >= 15 is 0 Å². The van der Waals surface area contributed by atoms with Crippen LogP contribution in [-0.2, 0) is 6.42 Å². The predicted octanol–water partition coefficient (Wildman–Crippen LogP) is 3.04. The molecule has 20 heavy (non-hydrogen) atoms. The molecule has 1 aliphatic rings. The molecule has 1 aliphatic carbocycles. The molecule has 0 heterocycles. The van der Waals surface area contributed by atoms with Gasteiger partial charge in [0.25, 0.3) is 0 Å². The Morgan fingerprint density at radius 1 is 1.00 bits per heavy atom. The van der Waals surface area contributed by atoms with Crippen LogP contribution in [0.5, 0.6) is 0 Å². The van der Waals surface area contributed by atoms with E-state index in [1.54, 1.807) is 18.2 Å². The van der Waals surface area contributed by atoms with Gasteiger partial charge in [0.05, 0.1) is 23.3 Å². The standard InChI is InChI=1S/C17H13N3/c18-9-11-3-1-4-12(10-19)17(11)15-6-2-5-14-13(15)7-8-16(14)20/h1-6,16H,7-8,20H2/t16-/m1/s1. The fraction of sp³-hybridized carbons (Fsp3) is 0.176. The summed E-state index contributed by atoms with van der Waals surface area (Å²) in [5, 5.41) is 18.6. The largest absolute Gasteiger partial charge is 0.324 e. The highest BCUT2D eigenvalue weighted by Gasteiger charge is 2.23. The van der Waals surface area contributed by atoms with Crippen LogP contribution in [0.2, 0.25) is 0 Å². The van der Waals surface area contributed by atoms with E-state index in [0.717, 1.165) is 29.5 Å². The Balaban J connectivity index is 2.32. The minimum atomic E-state index is 0.0599. The summed E-state index contributed by atoms with van der Waals surface area (Å²) in [6.45, 7) is 0. The third-order valence-electron chi connectivity index (χ3n) is 3.89. The maximum Gasteiger partial charge on any atom is 0.0998 e. The van der Waals surface area contributed by atoms with E-state index in [-0.39, 0.29) is 6.04 Å². The molecule has 0 spiro atoms. The van der Waals surface area contributed by atoms with Crippen LogP contribution in [0.25, 0.3) is 11.1 Å². The fourth-order valence-corrected chi connectivity index (χ4v) is 2.95. The van der Waals surface area contributed by atoms with Crippen molar-refractivity contribution < 1.29 is 0 Å². The molecule has 0 radical (unpaired) electrons. The first-order valence-corrected chi connectivity index (χ1v) is 6.57. The second kappa shape index (κ2) is 4.81. The third-order valence-corrected chi connectivity index (χ3v) is 3.89. The number of nitrogens with two attached hydrogens (primary N) is 1. The Morgan fingerprint density at radius 3 is 2.30 bits per heavy atom. The molecule has 0 bridgehead atoms. The molecule has 2 N–H and O–H groups in total. The maximum absolute atomic E-state index is 9.32. The van der Waals surface area contributed by atoms with Crippen molar-refractivity contribution in [3.05, 3.63) is 58.7 Å². The average molecular weight is 259 g/mol. The minimum Gasteiger partial charge on any atom is -0.324 e. The van der Waals surface area contributed by atoms with E-state index < -0.39 is 0 Å². The number of hydrogen-bond donors (Lipinski definition) is 1. The van der Waals surface area contributed by atoms with Crippen LogP contribution in [0.15, 0.2) is 36.4 Å². The van der Waals surface area contributed by atoms with E-state index in [4.69, 9.17) is 5.73 Å². The van der Waals surface area contributed by atoms with Crippen LogP contribution in [0.4, 0.5) is 0 Å². The molecule has 0 saturated heterocycles. The molecular formula is C17H13N3. The van der Waals surface area contributed by atoms with Crippen LogP contribution in [0.1, 0.15) is 34.7 Å². The van der Waals surface area contributed by atoms with Gasteiger partial charge in [0.1, 0.15) is 0 Å². The molecule has 2 aromatic rings. The Bertz CT molecular complexity index is 731. The molecular weight excluding hydrogens is 246 g/mol. The molecule has 0 aliphatic heterocycles. The summed E-state index contributed by atoms with van der Waals surface area (Å²) < 4.78 is 0. The van der Waals surface area contributed by atoms with Crippen LogP contribution in [-0.4, -0.2) is 0 Å². The van der Waals surface area contributed by atoms with Gasteiger partial charge in [0.15, 0.2) is 0 Å². The van der Waals surface area contributed by atoms with E-state index in [2.05, 4.69) is 12.1 Å². The van der Waals surface area contributed by atoms with Crippen LogP contribution in [0.3, 0.4) is 0 Å². The summed E-state index contributed by atoms with van der Waals surface area (Å²) >= 11 is 0. The number of rotatable bonds is 1. The van der Waals surface area contributed by atoms with E-state index in [1.165, 1.54) is 5.56 Å². The van der Waals surface area contributed by atoms with Gasteiger partial charge in [-0.3, -0.25) is 0 Å². The van der Waals surface area contributed by atoms with Crippen molar-refractivity contribution in [3.63, 3.8) is 0 Å². The minimum absolute atomic E-state index is 0.0599. The first-order valence-electron chi connectivity index (χ1n) is 6.57. The highest BCUT2D eigenvalue weighted by atomic mass is 14.6. The first-order chi connectivity index (χ1) is 9.76. The van der Waals surface area contributed by atoms with E-state index in [1.807, 2.05) is 18.2 Å². The molecule has 1 atom stereocenters. The van der Waals surface area contributed by atoms with Gasteiger partial charge < -0.3 is 5.73 Å². The Morgan fingerprint density at radius 2 is 1.65 bits per heavy atom. The second-order valence-electron chi connectivity index (χ2n) is 4.97. The zero-order valence-electron chi connectivity index (χ0n) is 10.9. The number of nitriles is 2. The third kappa shape index (κ3) is 1.77. The lowest BCUT2D eigenvalue weighted by molar-refractivity contribution is 0.713. The second-order valence-corrected chi connectivity index (χ2v) is 4.97. The number of hydrogen-bond acceptors (Lipinski definition) is 3. The number of benzene rings is 2. The quantitative estimate of drug-likeness (QED) is 0.855. The molecule has 96 valence electrons. The number of fused-ring (bicyclic) bond motifs is 1. The van der Waals surface area contributed by atoms with Gasteiger partial charge in [-0.05, 0) is 41.7 Å². The van der Waals surface area contributed by atoms with Crippen molar-refractivity contribution in [1.82, 2.24) is 0 Å². The molecule has 0 unspecified atom stereocenters. The highest BCUT2D eigenvalue weighted by Crippen LogP contribution is 2.38. The zero-order chi connectivity index (χ0) is 14.1. The summed E-state index contributed by atoms with van der Waals surface area (Å²) in [6, 6.07) is 15.7. The van der Waals surface area contributed by atoms with Crippen molar-refractivity contribution in [2.75, 3.05) is 0 Å². The summed E-state index contributed by atoms with van der Waals surface area (Å²) in [7, 11) is 0. The lowest BCUT2D eigenvalue weighted by atomic mass is 9.90. The van der Waals surface area contributed by atoms with E-state index in [0.29, 0.717) is 11.1 Å². The molecule has 3 nitrogen and oxygen atoms in total.